The lowest BCUT2D eigenvalue weighted by atomic mass is 10.2. The Kier molecular flexibility index (Phi) is 6.14. The molecule has 0 saturated carbocycles. The molecule has 7 heteroatoms. The van der Waals surface area contributed by atoms with Gasteiger partial charge in [-0.05, 0) is 42.8 Å². The summed E-state index contributed by atoms with van der Waals surface area (Å²) in [5.74, 6) is 0.951. The van der Waals surface area contributed by atoms with E-state index in [2.05, 4.69) is 5.32 Å². The maximum absolute atomic E-state index is 11.8. The summed E-state index contributed by atoms with van der Waals surface area (Å²) in [4.78, 5) is 23.7. The smallest absolute Gasteiger partial charge is 0.331 e. The Hall–Kier alpha value is -3.22. The fraction of sp³-hybridized carbons (Fsp3) is 0.300. The predicted octanol–water partition coefficient (Wildman–Crippen LogP) is 2.87. The summed E-state index contributed by atoms with van der Waals surface area (Å²) in [5.41, 5.74) is 0.770. The van der Waals surface area contributed by atoms with Crippen LogP contribution in [-0.2, 0) is 14.3 Å². The summed E-state index contributed by atoms with van der Waals surface area (Å²) in [7, 11) is 0. The van der Waals surface area contributed by atoms with Crippen LogP contribution in [0.3, 0.4) is 0 Å². The molecule has 0 bridgehead atoms. The largest absolute Gasteiger partial charge is 0.490 e. The molecule has 0 aliphatic carbocycles. The SMILES string of the molecule is C[C@@H](NC(=O)COC(=O)/C=C/c1ccc2c(c1)OCCCO2)c1ccco1. The molecule has 0 fully saturated rings. The van der Waals surface area contributed by atoms with Crippen LogP contribution in [0, 0.1) is 0 Å². The van der Waals surface area contributed by atoms with Crippen LogP contribution >= 0.6 is 0 Å². The number of amides is 1. The quantitative estimate of drug-likeness (QED) is 0.621. The van der Waals surface area contributed by atoms with Crippen LogP contribution in [-0.4, -0.2) is 31.7 Å². The van der Waals surface area contributed by atoms with Crippen molar-refractivity contribution >= 4 is 18.0 Å². The topological polar surface area (TPSA) is 87.0 Å². The van der Waals surface area contributed by atoms with Crippen LogP contribution in [0.25, 0.3) is 6.08 Å². The summed E-state index contributed by atoms with van der Waals surface area (Å²) >= 11 is 0. The Morgan fingerprint density at radius 2 is 2.04 bits per heavy atom. The van der Waals surface area contributed by atoms with Crippen molar-refractivity contribution in [3.05, 3.63) is 54.0 Å². The molecule has 7 nitrogen and oxygen atoms in total. The first-order chi connectivity index (χ1) is 13.1. The molecule has 1 N–H and O–H groups in total. The van der Waals surface area contributed by atoms with E-state index in [4.69, 9.17) is 18.6 Å². The number of furan rings is 1. The molecular formula is C20H21NO6. The van der Waals surface area contributed by atoms with Crippen molar-refractivity contribution in [1.29, 1.82) is 0 Å². The van der Waals surface area contributed by atoms with Gasteiger partial charge < -0.3 is 23.9 Å². The summed E-state index contributed by atoms with van der Waals surface area (Å²) in [6, 6.07) is 8.60. The number of esters is 1. The standard InChI is InChI=1S/C20H21NO6/c1-14(16-4-2-9-24-16)21-19(22)13-27-20(23)8-6-15-5-7-17-18(12-15)26-11-3-10-25-17/h2,4-9,12,14H,3,10-11,13H2,1H3,(H,21,22)/b8-6+/t14-/m1/s1. The van der Waals surface area contributed by atoms with Crippen molar-refractivity contribution in [3.63, 3.8) is 0 Å². The zero-order valence-corrected chi connectivity index (χ0v) is 15.0. The van der Waals surface area contributed by atoms with E-state index in [9.17, 15) is 9.59 Å². The number of benzene rings is 1. The molecule has 2 aromatic rings. The number of carbonyl (C=O) groups excluding carboxylic acids is 2. The van der Waals surface area contributed by atoms with Crippen molar-refractivity contribution in [2.75, 3.05) is 19.8 Å². The van der Waals surface area contributed by atoms with Crippen LogP contribution in [0.1, 0.15) is 30.7 Å². The Bertz CT molecular complexity index is 812. The van der Waals surface area contributed by atoms with Gasteiger partial charge in [-0.25, -0.2) is 4.79 Å². The van der Waals surface area contributed by atoms with Gasteiger partial charge in [-0.15, -0.1) is 0 Å². The van der Waals surface area contributed by atoms with Crippen LogP contribution in [0.5, 0.6) is 11.5 Å². The highest BCUT2D eigenvalue weighted by Gasteiger charge is 2.13. The molecule has 3 rings (SSSR count). The summed E-state index contributed by atoms with van der Waals surface area (Å²) in [6.07, 6.45) is 5.22. The van der Waals surface area contributed by atoms with E-state index in [1.807, 2.05) is 6.07 Å². The molecule has 1 aliphatic rings. The Morgan fingerprint density at radius 3 is 2.81 bits per heavy atom. The summed E-state index contributed by atoms with van der Waals surface area (Å²) < 4.78 is 21.3. The molecule has 1 atom stereocenters. The van der Waals surface area contributed by atoms with E-state index < -0.39 is 11.9 Å². The summed E-state index contributed by atoms with van der Waals surface area (Å²) in [6.45, 7) is 2.63. The monoisotopic (exact) mass is 371 g/mol. The lowest BCUT2D eigenvalue weighted by Gasteiger charge is -2.11. The average molecular weight is 371 g/mol. The number of hydrogen-bond donors (Lipinski definition) is 1. The van der Waals surface area contributed by atoms with Crippen molar-refractivity contribution < 1.29 is 28.2 Å². The highest BCUT2D eigenvalue weighted by molar-refractivity contribution is 5.89. The van der Waals surface area contributed by atoms with Gasteiger partial charge >= 0.3 is 5.97 Å². The maximum Gasteiger partial charge on any atom is 0.331 e. The highest BCUT2D eigenvalue weighted by atomic mass is 16.5. The third kappa shape index (κ3) is 5.37. The van der Waals surface area contributed by atoms with Crippen molar-refractivity contribution in [1.82, 2.24) is 5.32 Å². The molecule has 2 heterocycles. The van der Waals surface area contributed by atoms with Crippen LogP contribution in [0.15, 0.2) is 47.1 Å². The van der Waals surface area contributed by atoms with Gasteiger partial charge in [-0.2, -0.15) is 0 Å². The van der Waals surface area contributed by atoms with Crippen molar-refractivity contribution in [2.45, 2.75) is 19.4 Å². The molecule has 27 heavy (non-hydrogen) atoms. The third-order valence-corrected chi connectivity index (χ3v) is 3.88. The van der Waals surface area contributed by atoms with E-state index in [-0.39, 0.29) is 12.6 Å². The zero-order chi connectivity index (χ0) is 19.1. The second-order valence-corrected chi connectivity index (χ2v) is 6.00. The van der Waals surface area contributed by atoms with E-state index in [0.717, 1.165) is 12.0 Å². The first kappa shape index (κ1) is 18.6. The lowest BCUT2D eigenvalue weighted by molar-refractivity contribution is -0.144. The van der Waals surface area contributed by atoms with Crippen molar-refractivity contribution in [2.24, 2.45) is 0 Å². The van der Waals surface area contributed by atoms with Gasteiger partial charge in [0.1, 0.15) is 5.76 Å². The van der Waals surface area contributed by atoms with Gasteiger partial charge in [0, 0.05) is 12.5 Å². The fourth-order valence-electron chi connectivity index (χ4n) is 2.52. The number of fused-ring (bicyclic) bond motifs is 1. The molecule has 0 radical (unpaired) electrons. The second kappa shape index (κ2) is 8.93. The van der Waals surface area contributed by atoms with Crippen LogP contribution in [0.4, 0.5) is 0 Å². The minimum Gasteiger partial charge on any atom is -0.490 e. The predicted molar refractivity (Wildman–Crippen MR) is 97.3 cm³/mol. The highest BCUT2D eigenvalue weighted by Crippen LogP contribution is 2.30. The Labute approximate surface area is 156 Å². The van der Waals surface area contributed by atoms with Gasteiger partial charge in [-0.3, -0.25) is 4.79 Å². The van der Waals surface area contributed by atoms with Crippen molar-refractivity contribution in [3.8, 4) is 11.5 Å². The van der Waals surface area contributed by atoms with E-state index in [0.29, 0.717) is 30.5 Å². The molecule has 142 valence electrons. The van der Waals surface area contributed by atoms with Gasteiger partial charge in [-0.1, -0.05) is 6.07 Å². The molecule has 0 spiro atoms. The molecular weight excluding hydrogens is 350 g/mol. The first-order valence-corrected chi connectivity index (χ1v) is 8.69. The normalized spacial score (nSPS) is 14.4. The minimum absolute atomic E-state index is 0.302. The van der Waals surface area contributed by atoms with Gasteiger partial charge in [0.25, 0.3) is 5.91 Å². The van der Waals surface area contributed by atoms with Gasteiger partial charge in [0.2, 0.25) is 0 Å². The number of hydrogen-bond acceptors (Lipinski definition) is 6. The average Bonchev–Trinajstić information content (AvgIpc) is 3.11. The molecule has 0 saturated heterocycles. The number of ether oxygens (including phenoxy) is 3. The molecule has 1 aromatic heterocycles. The van der Waals surface area contributed by atoms with E-state index in [1.54, 1.807) is 37.3 Å². The zero-order valence-electron chi connectivity index (χ0n) is 15.0. The Balaban J connectivity index is 1.47. The first-order valence-electron chi connectivity index (χ1n) is 8.69. The molecule has 0 unspecified atom stereocenters. The van der Waals surface area contributed by atoms with Crippen LogP contribution < -0.4 is 14.8 Å². The minimum atomic E-state index is -0.608. The number of nitrogens with one attached hydrogen (secondary N) is 1. The fourth-order valence-corrected chi connectivity index (χ4v) is 2.52. The number of rotatable bonds is 6. The molecule has 1 aromatic carbocycles. The van der Waals surface area contributed by atoms with Crippen LogP contribution in [0.2, 0.25) is 0 Å². The van der Waals surface area contributed by atoms with Gasteiger partial charge in [0.15, 0.2) is 18.1 Å². The maximum atomic E-state index is 11.8. The molecule has 1 aliphatic heterocycles. The van der Waals surface area contributed by atoms with E-state index >= 15 is 0 Å². The lowest BCUT2D eigenvalue weighted by Crippen LogP contribution is -2.30. The third-order valence-electron chi connectivity index (χ3n) is 3.88. The second-order valence-electron chi connectivity index (χ2n) is 6.00. The number of carbonyl (C=O) groups is 2. The van der Waals surface area contributed by atoms with E-state index in [1.165, 1.54) is 12.3 Å². The van der Waals surface area contributed by atoms with Gasteiger partial charge in [0.05, 0.1) is 25.5 Å². The summed E-state index contributed by atoms with van der Waals surface area (Å²) in [5, 5.41) is 2.69. The Morgan fingerprint density at radius 1 is 1.22 bits per heavy atom. The molecule has 1 amide bonds.